The number of aromatic nitrogens is 2. The maximum absolute atomic E-state index is 5.70. The molecule has 0 amide bonds. The Bertz CT molecular complexity index is 355. The number of nitrogens with zero attached hydrogens (tertiary/aromatic N) is 2. The first kappa shape index (κ1) is 13.4. The fourth-order valence-electron chi connectivity index (χ4n) is 1.00. The summed E-state index contributed by atoms with van der Waals surface area (Å²) in [5.74, 6) is 1.29. The summed E-state index contributed by atoms with van der Waals surface area (Å²) in [4.78, 5) is 8.44. The van der Waals surface area contributed by atoms with E-state index < -0.39 is 0 Å². The van der Waals surface area contributed by atoms with Gasteiger partial charge in [-0.1, -0.05) is 11.8 Å². The predicted octanol–water partition coefficient (Wildman–Crippen LogP) is 2.33. The number of anilines is 2. The van der Waals surface area contributed by atoms with Crippen molar-refractivity contribution in [2.75, 3.05) is 30.1 Å². The Balaban J connectivity index is 2.70. The molecule has 4 nitrogen and oxygen atoms in total. The summed E-state index contributed by atoms with van der Waals surface area (Å²) in [5, 5.41) is 3.98. The molecule has 1 aromatic rings. The molecule has 0 aliphatic heterocycles. The molecule has 0 aromatic carbocycles. The van der Waals surface area contributed by atoms with Gasteiger partial charge in [0.1, 0.15) is 11.6 Å². The molecule has 6 heteroatoms. The zero-order valence-corrected chi connectivity index (χ0v) is 11.7. The van der Waals surface area contributed by atoms with Gasteiger partial charge in [0, 0.05) is 17.4 Å². The van der Waals surface area contributed by atoms with Gasteiger partial charge in [-0.05, 0) is 26.4 Å². The van der Waals surface area contributed by atoms with Crippen molar-refractivity contribution >= 4 is 35.2 Å². The van der Waals surface area contributed by atoms with Crippen LogP contribution in [-0.2, 0) is 0 Å². The van der Waals surface area contributed by atoms with E-state index in [1.54, 1.807) is 6.07 Å². The number of thioether (sulfide) groups is 2. The molecule has 3 N–H and O–H groups in total. The maximum Gasteiger partial charge on any atom is 0.191 e. The third-order valence-electron chi connectivity index (χ3n) is 2.16. The highest BCUT2D eigenvalue weighted by molar-refractivity contribution is 8.00. The first-order valence-corrected chi connectivity index (χ1v) is 7.39. The highest BCUT2D eigenvalue weighted by Crippen LogP contribution is 2.22. The van der Waals surface area contributed by atoms with Crippen LogP contribution in [0.2, 0.25) is 0 Å². The van der Waals surface area contributed by atoms with Crippen LogP contribution >= 0.6 is 23.5 Å². The van der Waals surface area contributed by atoms with Crippen LogP contribution < -0.4 is 11.1 Å². The second kappa shape index (κ2) is 5.63. The van der Waals surface area contributed by atoms with Crippen molar-refractivity contribution in [3.8, 4) is 0 Å². The van der Waals surface area contributed by atoms with Gasteiger partial charge in [0.2, 0.25) is 0 Å². The molecule has 1 aromatic heterocycles. The molecular formula is C10H18N4S2. The van der Waals surface area contributed by atoms with E-state index in [0.717, 1.165) is 12.4 Å². The van der Waals surface area contributed by atoms with E-state index in [-0.39, 0.29) is 4.75 Å². The summed E-state index contributed by atoms with van der Waals surface area (Å²) in [7, 11) is 0. The summed E-state index contributed by atoms with van der Waals surface area (Å²) in [5.41, 5.74) is 5.70. The Labute approximate surface area is 105 Å². The van der Waals surface area contributed by atoms with Crippen molar-refractivity contribution in [3.05, 3.63) is 6.07 Å². The van der Waals surface area contributed by atoms with Crippen LogP contribution in [0, 0.1) is 0 Å². The smallest absolute Gasteiger partial charge is 0.191 e. The summed E-state index contributed by atoms with van der Waals surface area (Å²) >= 11 is 3.31. The van der Waals surface area contributed by atoms with Gasteiger partial charge >= 0.3 is 0 Å². The normalized spacial score (nSPS) is 11.5. The van der Waals surface area contributed by atoms with E-state index in [9.17, 15) is 0 Å². The highest BCUT2D eigenvalue weighted by atomic mass is 32.2. The fourth-order valence-corrected chi connectivity index (χ4v) is 1.60. The quantitative estimate of drug-likeness (QED) is 0.624. The van der Waals surface area contributed by atoms with Crippen LogP contribution in [0.5, 0.6) is 0 Å². The Hall–Kier alpha value is -0.620. The van der Waals surface area contributed by atoms with Gasteiger partial charge in [-0.25, -0.2) is 9.97 Å². The minimum Gasteiger partial charge on any atom is -0.383 e. The predicted molar refractivity (Wildman–Crippen MR) is 74.3 cm³/mol. The number of hydrogen-bond donors (Lipinski definition) is 2. The van der Waals surface area contributed by atoms with Crippen LogP contribution in [0.1, 0.15) is 13.8 Å². The molecule has 0 saturated carbocycles. The molecule has 0 bridgehead atoms. The zero-order chi connectivity index (χ0) is 12.2. The molecule has 0 aliphatic carbocycles. The lowest BCUT2D eigenvalue weighted by Crippen LogP contribution is -2.26. The molecular weight excluding hydrogens is 240 g/mol. The van der Waals surface area contributed by atoms with Crippen LogP contribution in [0.3, 0.4) is 0 Å². The maximum atomic E-state index is 5.70. The van der Waals surface area contributed by atoms with E-state index in [0.29, 0.717) is 11.0 Å². The van der Waals surface area contributed by atoms with E-state index >= 15 is 0 Å². The number of rotatable bonds is 5. The molecule has 0 atom stereocenters. The average molecular weight is 258 g/mol. The van der Waals surface area contributed by atoms with Gasteiger partial charge in [-0.15, -0.1) is 0 Å². The van der Waals surface area contributed by atoms with E-state index in [1.165, 1.54) is 11.8 Å². The largest absolute Gasteiger partial charge is 0.383 e. The Morgan fingerprint density at radius 2 is 2.06 bits per heavy atom. The third-order valence-corrected chi connectivity index (χ3v) is 3.95. The number of hydrogen-bond acceptors (Lipinski definition) is 6. The molecule has 0 unspecified atom stereocenters. The van der Waals surface area contributed by atoms with Gasteiger partial charge in [0.05, 0.1) is 0 Å². The number of nitrogens with two attached hydrogens (primary N) is 1. The van der Waals surface area contributed by atoms with Crippen molar-refractivity contribution in [2.24, 2.45) is 0 Å². The Kier molecular flexibility index (Phi) is 4.73. The van der Waals surface area contributed by atoms with Crippen LogP contribution in [-0.4, -0.2) is 33.8 Å². The lowest BCUT2D eigenvalue weighted by molar-refractivity contribution is 0.748. The molecule has 0 radical (unpaired) electrons. The highest BCUT2D eigenvalue weighted by Gasteiger charge is 2.15. The summed E-state index contributed by atoms with van der Waals surface area (Å²) in [6.45, 7) is 5.22. The van der Waals surface area contributed by atoms with Crippen molar-refractivity contribution in [2.45, 2.75) is 23.8 Å². The molecule has 0 spiro atoms. The second-order valence-corrected chi connectivity index (χ2v) is 6.27. The topological polar surface area (TPSA) is 63.8 Å². The minimum absolute atomic E-state index is 0.180. The van der Waals surface area contributed by atoms with Crippen molar-refractivity contribution in [3.63, 3.8) is 0 Å². The standard InChI is InChI=1S/C10H18N4S2/c1-10(2,16-4)6-12-8-5-7(11)13-9(14-8)15-3/h5H,6H2,1-4H3,(H3,11,12,13,14). The zero-order valence-electron chi connectivity index (χ0n) is 10.1. The first-order chi connectivity index (χ1) is 7.46. The van der Waals surface area contributed by atoms with E-state index in [1.807, 2.05) is 18.0 Å². The first-order valence-electron chi connectivity index (χ1n) is 4.94. The lowest BCUT2D eigenvalue weighted by atomic mass is 10.2. The number of nitrogens with one attached hydrogen (secondary N) is 1. The van der Waals surface area contributed by atoms with Crippen molar-refractivity contribution < 1.29 is 0 Å². The van der Waals surface area contributed by atoms with Crippen LogP contribution in [0.25, 0.3) is 0 Å². The molecule has 90 valence electrons. The second-order valence-electron chi connectivity index (χ2n) is 3.98. The fraction of sp³-hybridized carbons (Fsp3) is 0.600. The van der Waals surface area contributed by atoms with Gasteiger partial charge < -0.3 is 11.1 Å². The summed E-state index contributed by atoms with van der Waals surface area (Å²) < 4.78 is 0.180. The van der Waals surface area contributed by atoms with Crippen LogP contribution in [0.15, 0.2) is 11.2 Å². The molecule has 0 fully saturated rings. The van der Waals surface area contributed by atoms with Crippen LogP contribution in [0.4, 0.5) is 11.6 Å². The summed E-state index contributed by atoms with van der Waals surface area (Å²) in [6.07, 6.45) is 4.04. The van der Waals surface area contributed by atoms with Crippen molar-refractivity contribution in [1.29, 1.82) is 0 Å². The molecule has 0 aliphatic rings. The average Bonchev–Trinajstić information content (AvgIpc) is 2.26. The minimum atomic E-state index is 0.180. The molecule has 1 rings (SSSR count). The monoisotopic (exact) mass is 258 g/mol. The Morgan fingerprint density at radius 1 is 1.38 bits per heavy atom. The SMILES string of the molecule is CSc1nc(N)cc(NCC(C)(C)SC)n1. The lowest BCUT2D eigenvalue weighted by Gasteiger charge is -2.22. The Morgan fingerprint density at radius 3 is 2.62 bits per heavy atom. The number of nitrogen functional groups attached to an aromatic ring is 1. The molecule has 16 heavy (non-hydrogen) atoms. The van der Waals surface area contributed by atoms with Gasteiger partial charge in [-0.3, -0.25) is 0 Å². The van der Waals surface area contributed by atoms with Gasteiger partial charge in [0.15, 0.2) is 5.16 Å². The van der Waals surface area contributed by atoms with Gasteiger partial charge in [-0.2, -0.15) is 11.8 Å². The van der Waals surface area contributed by atoms with Gasteiger partial charge in [0.25, 0.3) is 0 Å². The summed E-state index contributed by atoms with van der Waals surface area (Å²) in [6, 6.07) is 1.76. The van der Waals surface area contributed by atoms with E-state index in [2.05, 4.69) is 35.4 Å². The molecule has 0 saturated heterocycles. The molecule has 1 heterocycles. The third kappa shape index (κ3) is 4.09. The van der Waals surface area contributed by atoms with Crippen molar-refractivity contribution in [1.82, 2.24) is 9.97 Å². The van der Waals surface area contributed by atoms with E-state index in [4.69, 9.17) is 5.73 Å².